The summed E-state index contributed by atoms with van der Waals surface area (Å²) in [4.78, 5) is 27.7. The second-order valence-corrected chi connectivity index (χ2v) is 4.05. The van der Waals surface area contributed by atoms with E-state index in [2.05, 4.69) is 9.72 Å². The molecule has 0 amide bonds. The van der Waals surface area contributed by atoms with Crippen molar-refractivity contribution in [3.05, 3.63) is 33.2 Å². The lowest BCUT2D eigenvalue weighted by atomic mass is 10.4. The Morgan fingerprint density at radius 3 is 3.06 bits per heavy atom. The van der Waals surface area contributed by atoms with Crippen molar-refractivity contribution >= 4 is 33.9 Å². The van der Waals surface area contributed by atoms with E-state index < -0.39 is 5.97 Å². The molecular weight excluding hydrogens is 252 g/mol. The van der Waals surface area contributed by atoms with Crippen LogP contribution in [-0.2, 0) is 10.6 Å². The largest absolute Gasteiger partial charge is 0.464 e. The third-order valence-corrected chi connectivity index (χ3v) is 3.09. The molecule has 84 valence electrons. The van der Waals surface area contributed by atoms with E-state index >= 15 is 0 Å². The Morgan fingerprint density at radius 1 is 1.69 bits per heavy atom. The number of carbonyl (C=O) groups excluding carboxylic acids is 1. The van der Waals surface area contributed by atoms with Gasteiger partial charge in [0.05, 0.1) is 18.7 Å². The van der Waals surface area contributed by atoms with Crippen molar-refractivity contribution in [3.8, 4) is 0 Å². The van der Waals surface area contributed by atoms with Gasteiger partial charge in [0.15, 0.2) is 4.96 Å². The number of alkyl halides is 1. The van der Waals surface area contributed by atoms with Crippen LogP contribution in [0.4, 0.5) is 0 Å². The van der Waals surface area contributed by atoms with Crippen LogP contribution in [0.3, 0.4) is 0 Å². The van der Waals surface area contributed by atoms with Gasteiger partial charge in [0.25, 0.3) is 5.56 Å². The number of rotatable bonds is 2. The Bertz CT molecular complexity index is 604. The fourth-order valence-corrected chi connectivity index (χ4v) is 2.30. The van der Waals surface area contributed by atoms with Gasteiger partial charge in [0, 0.05) is 11.4 Å². The van der Waals surface area contributed by atoms with Crippen molar-refractivity contribution in [1.82, 2.24) is 9.38 Å². The quantitative estimate of drug-likeness (QED) is 0.601. The molecule has 0 aliphatic carbocycles. The zero-order valence-corrected chi connectivity index (χ0v) is 9.84. The molecule has 0 saturated heterocycles. The highest BCUT2D eigenvalue weighted by atomic mass is 35.5. The van der Waals surface area contributed by atoms with E-state index in [0.29, 0.717) is 10.7 Å². The number of methoxy groups -OCH3 is 1. The van der Waals surface area contributed by atoms with Crippen LogP contribution in [0.2, 0.25) is 0 Å². The molecule has 0 radical (unpaired) electrons. The molecule has 0 fully saturated rings. The maximum absolute atomic E-state index is 11.7. The normalized spacial score (nSPS) is 10.6. The molecule has 16 heavy (non-hydrogen) atoms. The fourth-order valence-electron chi connectivity index (χ4n) is 1.28. The first-order valence-electron chi connectivity index (χ1n) is 4.32. The molecule has 5 nitrogen and oxygen atoms in total. The standard InChI is InChI=1S/C9H7ClN2O3S/c1-15-8(14)6-4-16-9-11-5(3-10)2-7(13)12(6)9/h2,4H,3H2,1H3. The van der Waals surface area contributed by atoms with Crippen LogP contribution < -0.4 is 5.56 Å². The molecule has 2 aromatic rings. The van der Waals surface area contributed by atoms with Gasteiger partial charge in [-0.15, -0.1) is 22.9 Å². The lowest BCUT2D eigenvalue weighted by molar-refractivity contribution is 0.0592. The van der Waals surface area contributed by atoms with Crippen LogP contribution in [0.15, 0.2) is 16.2 Å². The van der Waals surface area contributed by atoms with Crippen LogP contribution in [-0.4, -0.2) is 22.5 Å². The monoisotopic (exact) mass is 258 g/mol. The molecule has 0 N–H and O–H groups in total. The summed E-state index contributed by atoms with van der Waals surface area (Å²) >= 11 is 6.79. The Labute approximate surface area is 99.3 Å². The van der Waals surface area contributed by atoms with Gasteiger partial charge in [0.1, 0.15) is 5.69 Å². The van der Waals surface area contributed by atoms with E-state index in [1.165, 1.54) is 34.3 Å². The number of esters is 1. The number of nitrogens with zero attached hydrogens (tertiary/aromatic N) is 2. The van der Waals surface area contributed by atoms with E-state index in [1.807, 2.05) is 0 Å². The second-order valence-electron chi connectivity index (χ2n) is 2.95. The molecule has 0 aliphatic heterocycles. The fraction of sp³-hybridized carbons (Fsp3) is 0.222. The van der Waals surface area contributed by atoms with Gasteiger partial charge in [-0.05, 0) is 0 Å². The average molecular weight is 259 g/mol. The van der Waals surface area contributed by atoms with Crippen molar-refractivity contribution in [2.45, 2.75) is 5.88 Å². The number of thiazole rings is 1. The minimum absolute atomic E-state index is 0.164. The van der Waals surface area contributed by atoms with Gasteiger partial charge in [-0.1, -0.05) is 0 Å². The topological polar surface area (TPSA) is 60.7 Å². The van der Waals surface area contributed by atoms with Crippen molar-refractivity contribution in [3.63, 3.8) is 0 Å². The summed E-state index contributed by atoms with van der Waals surface area (Å²) in [6, 6.07) is 1.30. The van der Waals surface area contributed by atoms with Gasteiger partial charge >= 0.3 is 5.97 Å². The molecular formula is C9H7ClN2O3S. The molecule has 0 bridgehead atoms. The van der Waals surface area contributed by atoms with E-state index in [1.54, 1.807) is 0 Å². The molecule has 2 heterocycles. The molecule has 7 heteroatoms. The first-order valence-corrected chi connectivity index (χ1v) is 5.73. The van der Waals surface area contributed by atoms with Crippen molar-refractivity contribution < 1.29 is 9.53 Å². The molecule has 0 aromatic carbocycles. The van der Waals surface area contributed by atoms with Crippen molar-refractivity contribution in [1.29, 1.82) is 0 Å². The number of carbonyl (C=O) groups is 1. The number of hydrogen-bond acceptors (Lipinski definition) is 5. The van der Waals surface area contributed by atoms with E-state index in [-0.39, 0.29) is 17.1 Å². The highest BCUT2D eigenvalue weighted by molar-refractivity contribution is 7.15. The minimum Gasteiger partial charge on any atom is -0.464 e. The zero-order chi connectivity index (χ0) is 11.7. The Hall–Kier alpha value is -1.40. The summed E-state index contributed by atoms with van der Waals surface area (Å²) in [5.74, 6) is -0.397. The molecule has 0 saturated carbocycles. The van der Waals surface area contributed by atoms with Crippen LogP contribution in [0.1, 0.15) is 16.2 Å². The molecule has 0 unspecified atom stereocenters. The number of aromatic nitrogens is 2. The van der Waals surface area contributed by atoms with E-state index in [9.17, 15) is 9.59 Å². The number of fused-ring (bicyclic) bond motifs is 1. The minimum atomic E-state index is -0.561. The van der Waals surface area contributed by atoms with Gasteiger partial charge in [-0.2, -0.15) is 0 Å². The average Bonchev–Trinajstić information content (AvgIpc) is 2.72. The lowest BCUT2D eigenvalue weighted by Gasteiger charge is -1.99. The number of halogens is 1. The Balaban J connectivity index is 2.74. The van der Waals surface area contributed by atoms with Crippen LogP contribution in [0.25, 0.3) is 4.96 Å². The number of hydrogen-bond donors (Lipinski definition) is 0. The summed E-state index contributed by atoms with van der Waals surface area (Å²) < 4.78 is 5.78. The summed E-state index contributed by atoms with van der Waals surface area (Å²) in [5.41, 5.74) is 0.341. The van der Waals surface area contributed by atoms with Crippen molar-refractivity contribution in [2.24, 2.45) is 0 Å². The highest BCUT2D eigenvalue weighted by Gasteiger charge is 2.15. The van der Waals surface area contributed by atoms with Crippen LogP contribution in [0, 0.1) is 0 Å². The third kappa shape index (κ3) is 1.70. The Morgan fingerprint density at radius 2 is 2.44 bits per heavy atom. The van der Waals surface area contributed by atoms with Crippen LogP contribution in [0.5, 0.6) is 0 Å². The third-order valence-electron chi connectivity index (χ3n) is 1.99. The zero-order valence-electron chi connectivity index (χ0n) is 8.27. The summed E-state index contributed by atoms with van der Waals surface area (Å²) in [6.07, 6.45) is 0. The first kappa shape index (κ1) is 11.1. The van der Waals surface area contributed by atoms with E-state index in [4.69, 9.17) is 11.6 Å². The maximum Gasteiger partial charge on any atom is 0.356 e. The highest BCUT2D eigenvalue weighted by Crippen LogP contribution is 2.14. The molecule has 0 aliphatic rings. The summed E-state index contributed by atoms with van der Waals surface area (Å²) in [7, 11) is 1.26. The molecule has 0 atom stereocenters. The Kier molecular flexibility index (Phi) is 2.93. The van der Waals surface area contributed by atoms with Crippen LogP contribution >= 0.6 is 22.9 Å². The van der Waals surface area contributed by atoms with Gasteiger partial charge < -0.3 is 4.74 Å². The summed E-state index contributed by atoms with van der Waals surface area (Å²) in [6.45, 7) is 0. The SMILES string of the molecule is COC(=O)c1csc2nc(CCl)cc(=O)n12. The van der Waals surface area contributed by atoms with Gasteiger partial charge in [0.2, 0.25) is 0 Å². The van der Waals surface area contributed by atoms with Gasteiger partial charge in [-0.25, -0.2) is 14.2 Å². The molecule has 2 rings (SSSR count). The molecule has 0 spiro atoms. The van der Waals surface area contributed by atoms with E-state index in [0.717, 1.165) is 0 Å². The van der Waals surface area contributed by atoms with Crippen molar-refractivity contribution in [2.75, 3.05) is 7.11 Å². The summed E-state index contributed by atoms with van der Waals surface area (Å²) in [5, 5.41) is 1.54. The molecule has 2 aromatic heterocycles. The smallest absolute Gasteiger partial charge is 0.356 e. The van der Waals surface area contributed by atoms with Gasteiger partial charge in [-0.3, -0.25) is 4.79 Å². The lowest BCUT2D eigenvalue weighted by Crippen LogP contribution is -2.19. The predicted octanol–water partition coefficient (Wildman–Crippen LogP) is 1.28. The maximum atomic E-state index is 11.7. The predicted molar refractivity (Wildman–Crippen MR) is 60.2 cm³/mol. The number of ether oxygens (including phenoxy) is 1. The first-order chi connectivity index (χ1) is 7.67. The second kappa shape index (κ2) is 4.23.